The number of hydrogen-bond donors (Lipinski definition) is 0. The zero-order valence-electron chi connectivity index (χ0n) is 12.5. The third kappa shape index (κ3) is 2.64. The Labute approximate surface area is 125 Å². The van der Waals surface area contributed by atoms with Gasteiger partial charge in [0.15, 0.2) is 0 Å². The van der Waals surface area contributed by atoms with Crippen molar-refractivity contribution in [2.45, 2.75) is 19.8 Å². The third-order valence-corrected chi connectivity index (χ3v) is 4.08. The number of nitrogens with zero attached hydrogens (tertiary/aromatic N) is 3. The van der Waals surface area contributed by atoms with Gasteiger partial charge in [0.25, 0.3) is 0 Å². The van der Waals surface area contributed by atoms with Gasteiger partial charge in [-0.05, 0) is 37.0 Å². The van der Waals surface area contributed by atoms with Gasteiger partial charge in [-0.25, -0.2) is 4.98 Å². The number of rotatable bonds is 2. The van der Waals surface area contributed by atoms with Crippen LogP contribution in [0.15, 0.2) is 24.3 Å². The van der Waals surface area contributed by atoms with Gasteiger partial charge < -0.3 is 9.64 Å². The molecule has 1 aliphatic rings. The van der Waals surface area contributed by atoms with Crippen LogP contribution in [0.25, 0.3) is 10.9 Å². The highest BCUT2D eigenvalue weighted by molar-refractivity contribution is 5.84. The summed E-state index contributed by atoms with van der Waals surface area (Å²) in [6.07, 6.45) is 2.41. The topological polar surface area (TPSA) is 49.1 Å². The Morgan fingerprint density at radius 3 is 2.95 bits per heavy atom. The Kier molecular flexibility index (Phi) is 3.66. The summed E-state index contributed by atoms with van der Waals surface area (Å²) < 4.78 is 5.26. The minimum atomic E-state index is 0.646. The second-order valence-corrected chi connectivity index (χ2v) is 5.72. The first-order chi connectivity index (χ1) is 10.2. The molecule has 3 rings (SSSR count). The maximum absolute atomic E-state index is 9.43. The van der Waals surface area contributed by atoms with Crippen molar-refractivity contribution in [2.75, 3.05) is 25.1 Å². The van der Waals surface area contributed by atoms with E-state index in [0.29, 0.717) is 11.5 Å². The average molecular weight is 281 g/mol. The Morgan fingerprint density at radius 1 is 1.38 bits per heavy atom. The second-order valence-electron chi connectivity index (χ2n) is 5.72. The fourth-order valence-corrected chi connectivity index (χ4v) is 2.97. The number of pyridine rings is 1. The Bertz CT molecular complexity index is 705. The first-order valence-corrected chi connectivity index (χ1v) is 7.35. The van der Waals surface area contributed by atoms with Gasteiger partial charge in [0, 0.05) is 24.5 Å². The van der Waals surface area contributed by atoms with Crippen molar-refractivity contribution >= 4 is 16.7 Å². The number of aromatic nitrogens is 1. The molecule has 0 radical (unpaired) electrons. The van der Waals surface area contributed by atoms with Gasteiger partial charge in [-0.2, -0.15) is 5.26 Å². The van der Waals surface area contributed by atoms with Crippen molar-refractivity contribution in [1.82, 2.24) is 4.98 Å². The van der Waals surface area contributed by atoms with Crippen molar-refractivity contribution < 1.29 is 4.74 Å². The van der Waals surface area contributed by atoms with Crippen molar-refractivity contribution in [1.29, 1.82) is 5.26 Å². The molecular formula is C17H19N3O. The molecule has 4 heteroatoms. The van der Waals surface area contributed by atoms with Crippen LogP contribution >= 0.6 is 0 Å². The normalized spacial score (nSPS) is 18.5. The van der Waals surface area contributed by atoms with Gasteiger partial charge in [-0.1, -0.05) is 6.92 Å². The maximum atomic E-state index is 9.43. The highest BCUT2D eigenvalue weighted by Gasteiger charge is 2.20. The number of fused-ring (bicyclic) bond motifs is 1. The lowest BCUT2D eigenvalue weighted by Gasteiger charge is -2.32. The quantitative estimate of drug-likeness (QED) is 0.847. The zero-order chi connectivity index (χ0) is 14.8. The molecule has 0 saturated carbocycles. The molecule has 21 heavy (non-hydrogen) atoms. The van der Waals surface area contributed by atoms with Crippen LogP contribution in [0.3, 0.4) is 0 Å². The summed E-state index contributed by atoms with van der Waals surface area (Å²) in [5.74, 6) is 2.25. The van der Waals surface area contributed by atoms with E-state index in [1.54, 1.807) is 7.11 Å². The van der Waals surface area contributed by atoms with E-state index in [2.05, 4.69) is 17.9 Å². The summed E-state index contributed by atoms with van der Waals surface area (Å²) in [6, 6.07) is 9.99. The smallest absolute Gasteiger partial charge is 0.147 e. The van der Waals surface area contributed by atoms with Crippen LogP contribution in [0.5, 0.6) is 5.75 Å². The summed E-state index contributed by atoms with van der Waals surface area (Å²) in [5.41, 5.74) is 1.53. The molecule has 1 fully saturated rings. The SMILES string of the molecule is COc1ccc2cc(C#N)c(N3CCCC(C)C3)nc2c1. The minimum Gasteiger partial charge on any atom is -0.497 e. The van der Waals surface area contributed by atoms with Gasteiger partial charge in [0.2, 0.25) is 0 Å². The molecule has 2 aromatic rings. The first-order valence-electron chi connectivity index (χ1n) is 7.35. The van der Waals surface area contributed by atoms with E-state index in [1.165, 1.54) is 6.42 Å². The third-order valence-electron chi connectivity index (χ3n) is 4.08. The van der Waals surface area contributed by atoms with E-state index < -0.39 is 0 Å². The van der Waals surface area contributed by atoms with Crippen LogP contribution in [-0.2, 0) is 0 Å². The Morgan fingerprint density at radius 2 is 2.24 bits per heavy atom. The molecule has 4 nitrogen and oxygen atoms in total. The summed E-state index contributed by atoms with van der Waals surface area (Å²) in [4.78, 5) is 6.98. The highest BCUT2D eigenvalue weighted by Crippen LogP contribution is 2.28. The van der Waals surface area contributed by atoms with Gasteiger partial charge in [-0.3, -0.25) is 0 Å². The van der Waals surface area contributed by atoms with Crippen LogP contribution in [0.1, 0.15) is 25.3 Å². The van der Waals surface area contributed by atoms with Gasteiger partial charge in [-0.15, -0.1) is 0 Å². The number of hydrogen-bond acceptors (Lipinski definition) is 4. The molecule has 1 unspecified atom stereocenters. The molecule has 1 aliphatic heterocycles. The van der Waals surface area contributed by atoms with Crippen molar-refractivity contribution in [3.05, 3.63) is 29.8 Å². The summed E-state index contributed by atoms with van der Waals surface area (Å²) in [5, 5.41) is 10.4. The van der Waals surface area contributed by atoms with Crippen LogP contribution in [0.2, 0.25) is 0 Å². The molecular weight excluding hydrogens is 262 g/mol. The standard InChI is InChI=1S/C17H19N3O/c1-12-4-3-7-20(11-12)17-14(10-18)8-13-5-6-15(21-2)9-16(13)19-17/h5-6,8-9,12H,3-4,7,11H2,1-2H3. The van der Waals surface area contributed by atoms with Gasteiger partial charge in [0.1, 0.15) is 17.6 Å². The lowest BCUT2D eigenvalue weighted by atomic mass is 10.00. The number of piperidine rings is 1. The number of methoxy groups -OCH3 is 1. The van der Waals surface area contributed by atoms with Gasteiger partial charge >= 0.3 is 0 Å². The lowest BCUT2D eigenvalue weighted by Crippen LogP contribution is -2.35. The number of benzene rings is 1. The highest BCUT2D eigenvalue weighted by atomic mass is 16.5. The molecule has 1 saturated heterocycles. The molecule has 0 amide bonds. The van der Waals surface area contributed by atoms with Crippen molar-refractivity contribution in [3.8, 4) is 11.8 Å². The largest absolute Gasteiger partial charge is 0.497 e. The summed E-state index contributed by atoms with van der Waals surface area (Å²) >= 11 is 0. The molecule has 0 aliphatic carbocycles. The second kappa shape index (κ2) is 5.61. The van der Waals surface area contributed by atoms with Crippen molar-refractivity contribution in [2.24, 2.45) is 5.92 Å². The number of nitriles is 1. The molecule has 1 aromatic heterocycles. The molecule has 108 valence electrons. The summed E-state index contributed by atoms with van der Waals surface area (Å²) in [6.45, 7) is 4.20. The predicted molar refractivity (Wildman–Crippen MR) is 83.6 cm³/mol. The lowest BCUT2D eigenvalue weighted by molar-refractivity contribution is 0.415. The van der Waals surface area contributed by atoms with Gasteiger partial charge in [0.05, 0.1) is 18.2 Å². The Hall–Kier alpha value is -2.28. The summed E-state index contributed by atoms with van der Waals surface area (Å²) in [7, 11) is 1.65. The van der Waals surface area contributed by atoms with Crippen LogP contribution in [0, 0.1) is 17.2 Å². The molecule has 0 N–H and O–H groups in total. The van der Waals surface area contributed by atoms with Crippen LogP contribution in [-0.4, -0.2) is 25.2 Å². The molecule has 0 bridgehead atoms. The maximum Gasteiger partial charge on any atom is 0.147 e. The van der Waals surface area contributed by atoms with Crippen molar-refractivity contribution in [3.63, 3.8) is 0 Å². The van der Waals surface area contributed by atoms with E-state index in [-0.39, 0.29) is 0 Å². The average Bonchev–Trinajstić information content (AvgIpc) is 2.53. The monoisotopic (exact) mass is 281 g/mol. The van der Waals surface area contributed by atoms with Crippen LogP contribution in [0.4, 0.5) is 5.82 Å². The molecule has 1 atom stereocenters. The molecule has 1 aromatic carbocycles. The molecule has 2 heterocycles. The zero-order valence-corrected chi connectivity index (χ0v) is 12.5. The number of anilines is 1. The fourth-order valence-electron chi connectivity index (χ4n) is 2.97. The van der Waals surface area contributed by atoms with E-state index >= 15 is 0 Å². The predicted octanol–water partition coefficient (Wildman–Crippen LogP) is 3.35. The number of ether oxygens (including phenoxy) is 1. The fraction of sp³-hybridized carbons (Fsp3) is 0.412. The minimum absolute atomic E-state index is 0.646. The van der Waals surface area contributed by atoms with E-state index in [4.69, 9.17) is 9.72 Å². The first kappa shape index (κ1) is 13.7. The molecule has 0 spiro atoms. The Balaban J connectivity index is 2.09. The van der Waals surface area contributed by atoms with E-state index in [1.807, 2.05) is 24.3 Å². The van der Waals surface area contributed by atoms with E-state index in [9.17, 15) is 5.26 Å². The van der Waals surface area contributed by atoms with E-state index in [0.717, 1.165) is 42.0 Å². The van der Waals surface area contributed by atoms with Crippen LogP contribution < -0.4 is 9.64 Å².